The summed E-state index contributed by atoms with van der Waals surface area (Å²) >= 11 is 0. The van der Waals surface area contributed by atoms with E-state index in [1.165, 1.54) is 32.1 Å². The fraction of sp³-hybridized carbons (Fsp3) is 0.636. The molecule has 0 radical (unpaired) electrons. The third-order valence-electron chi connectivity index (χ3n) is 3.36. The van der Waals surface area contributed by atoms with E-state index in [9.17, 15) is 0 Å². The largest absolute Gasteiger partial charge is 0.107 e. The molecule has 68 valence electrons. The molecule has 0 aromatic carbocycles. The smallest absolute Gasteiger partial charge is 0.100 e. The minimum atomic E-state index is -1.27. The van der Waals surface area contributed by atoms with Crippen LogP contribution in [0.15, 0.2) is 24.6 Å². The molecule has 1 aliphatic rings. The highest BCUT2D eigenvalue weighted by Gasteiger charge is 2.31. The van der Waals surface area contributed by atoms with E-state index in [1.54, 1.807) is 0 Å². The van der Waals surface area contributed by atoms with Gasteiger partial charge < -0.3 is 0 Å². The molecule has 0 saturated heterocycles. The molecule has 12 heavy (non-hydrogen) atoms. The molecular formula is C11H20Si. The summed E-state index contributed by atoms with van der Waals surface area (Å²) in [4.78, 5) is 0. The van der Waals surface area contributed by atoms with Crippen molar-refractivity contribution in [1.29, 1.82) is 0 Å². The number of rotatable bonds is 3. The fourth-order valence-corrected chi connectivity index (χ4v) is 4.63. The van der Waals surface area contributed by atoms with Gasteiger partial charge >= 0.3 is 0 Å². The van der Waals surface area contributed by atoms with Crippen molar-refractivity contribution in [2.75, 3.05) is 0 Å². The Bertz CT molecular complexity index is 158. The van der Waals surface area contributed by atoms with E-state index in [2.05, 4.69) is 31.1 Å². The minimum Gasteiger partial charge on any atom is -0.107 e. The van der Waals surface area contributed by atoms with Crippen LogP contribution in [0.5, 0.6) is 0 Å². The fourth-order valence-electron chi connectivity index (χ4n) is 2.14. The molecule has 1 rings (SSSR count). The molecule has 1 aliphatic carbocycles. The lowest BCUT2D eigenvalue weighted by atomic mass is 10.0. The molecule has 0 aliphatic heterocycles. The Morgan fingerprint density at radius 1 is 1.08 bits per heavy atom. The molecule has 1 heteroatoms. The SMILES string of the molecule is C=C[Si](C)(C=C)C1CCCCC1. The highest BCUT2D eigenvalue weighted by Crippen LogP contribution is 2.37. The summed E-state index contributed by atoms with van der Waals surface area (Å²) in [5.74, 6) is 0. The molecule has 0 unspecified atom stereocenters. The third kappa shape index (κ3) is 1.89. The van der Waals surface area contributed by atoms with Crippen LogP contribution < -0.4 is 0 Å². The van der Waals surface area contributed by atoms with Crippen molar-refractivity contribution in [3.8, 4) is 0 Å². The molecule has 0 heterocycles. The van der Waals surface area contributed by atoms with Crippen LogP contribution in [0.3, 0.4) is 0 Å². The predicted octanol–water partition coefficient (Wildman–Crippen LogP) is 3.85. The van der Waals surface area contributed by atoms with E-state index in [0.29, 0.717) is 0 Å². The molecule has 0 spiro atoms. The van der Waals surface area contributed by atoms with Gasteiger partial charge in [-0.15, -0.1) is 13.2 Å². The summed E-state index contributed by atoms with van der Waals surface area (Å²) < 4.78 is 0. The van der Waals surface area contributed by atoms with Gasteiger partial charge in [0, 0.05) is 0 Å². The highest BCUT2D eigenvalue weighted by atomic mass is 28.3. The van der Waals surface area contributed by atoms with Crippen molar-refractivity contribution in [1.82, 2.24) is 0 Å². The van der Waals surface area contributed by atoms with Crippen molar-refractivity contribution in [3.63, 3.8) is 0 Å². The molecule has 1 fully saturated rings. The van der Waals surface area contributed by atoms with Gasteiger partial charge in [-0.3, -0.25) is 0 Å². The second-order valence-corrected chi connectivity index (χ2v) is 8.47. The molecule has 1 saturated carbocycles. The topological polar surface area (TPSA) is 0 Å². The second kappa shape index (κ2) is 4.08. The van der Waals surface area contributed by atoms with Gasteiger partial charge in [0.25, 0.3) is 0 Å². The van der Waals surface area contributed by atoms with Gasteiger partial charge in [0.15, 0.2) is 0 Å². The first-order valence-electron chi connectivity index (χ1n) is 5.00. The van der Waals surface area contributed by atoms with Crippen LogP contribution in [0.4, 0.5) is 0 Å². The van der Waals surface area contributed by atoms with Crippen LogP contribution >= 0.6 is 0 Å². The Balaban J connectivity index is 2.63. The molecule has 0 bridgehead atoms. The Hall–Kier alpha value is -0.303. The molecule has 0 aromatic heterocycles. The van der Waals surface area contributed by atoms with Gasteiger partial charge in [0.05, 0.1) is 0 Å². The Morgan fingerprint density at radius 2 is 1.58 bits per heavy atom. The van der Waals surface area contributed by atoms with Gasteiger partial charge in [0.2, 0.25) is 0 Å². The number of hydrogen-bond donors (Lipinski definition) is 0. The molecule has 0 aromatic rings. The number of hydrogen-bond acceptors (Lipinski definition) is 0. The zero-order chi connectivity index (χ0) is 9.03. The highest BCUT2D eigenvalue weighted by molar-refractivity contribution is 6.88. The van der Waals surface area contributed by atoms with E-state index in [4.69, 9.17) is 0 Å². The summed E-state index contributed by atoms with van der Waals surface area (Å²) in [7, 11) is -1.27. The molecule has 0 N–H and O–H groups in total. The first-order valence-corrected chi connectivity index (χ1v) is 7.73. The van der Waals surface area contributed by atoms with Crippen molar-refractivity contribution < 1.29 is 0 Å². The maximum atomic E-state index is 3.97. The van der Waals surface area contributed by atoms with Crippen molar-refractivity contribution in [2.45, 2.75) is 44.2 Å². The maximum absolute atomic E-state index is 3.97. The van der Waals surface area contributed by atoms with Gasteiger partial charge in [-0.05, 0) is 5.54 Å². The molecule has 0 atom stereocenters. The van der Waals surface area contributed by atoms with Gasteiger partial charge in [-0.2, -0.15) is 0 Å². The van der Waals surface area contributed by atoms with Gasteiger partial charge in [-0.1, -0.05) is 50.0 Å². The minimum absolute atomic E-state index is 0.932. The Labute approximate surface area is 77.4 Å². The Kier molecular flexibility index (Phi) is 3.33. The monoisotopic (exact) mass is 180 g/mol. The van der Waals surface area contributed by atoms with E-state index in [1.807, 2.05) is 0 Å². The molecule has 0 amide bonds. The quantitative estimate of drug-likeness (QED) is 0.579. The van der Waals surface area contributed by atoms with E-state index in [0.717, 1.165) is 5.54 Å². The summed E-state index contributed by atoms with van der Waals surface area (Å²) in [6.45, 7) is 10.3. The van der Waals surface area contributed by atoms with Crippen LogP contribution in [-0.2, 0) is 0 Å². The molecule has 0 nitrogen and oxygen atoms in total. The van der Waals surface area contributed by atoms with Crippen LogP contribution in [0, 0.1) is 0 Å². The first-order chi connectivity index (χ1) is 5.73. The van der Waals surface area contributed by atoms with Crippen molar-refractivity contribution in [3.05, 3.63) is 24.6 Å². The van der Waals surface area contributed by atoms with Crippen molar-refractivity contribution >= 4 is 8.07 Å². The van der Waals surface area contributed by atoms with Crippen LogP contribution in [0.1, 0.15) is 32.1 Å². The average molecular weight is 180 g/mol. The lowest BCUT2D eigenvalue weighted by molar-refractivity contribution is 0.495. The average Bonchev–Trinajstić information content (AvgIpc) is 2.18. The van der Waals surface area contributed by atoms with Crippen molar-refractivity contribution in [2.24, 2.45) is 0 Å². The van der Waals surface area contributed by atoms with E-state index in [-0.39, 0.29) is 0 Å². The van der Waals surface area contributed by atoms with Gasteiger partial charge in [-0.25, -0.2) is 0 Å². The lowest BCUT2D eigenvalue weighted by Crippen LogP contribution is -2.33. The van der Waals surface area contributed by atoms with Crippen LogP contribution in [-0.4, -0.2) is 8.07 Å². The zero-order valence-corrected chi connectivity index (χ0v) is 9.18. The van der Waals surface area contributed by atoms with E-state index < -0.39 is 8.07 Å². The molecular weight excluding hydrogens is 160 g/mol. The summed E-state index contributed by atoms with van der Waals surface area (Å²) in [5.41, 5.74) is 5.34. The summed E-state index contributed by atoms with van der Waals surface area (Å²) in [6, 6.07) is 0. The van der Waals surface area contributed by atoms with Crippen LogP contribution in [0.2, 0.25) is 12.1 Å². The predicted molar refractivity (Wildman–Crippen MR) is 58.8 cm³/mol. The van der Waals surface area contributed by atoms with E-state index >= 15 is 0 Å². The summed E-state index contributed by atoms with van der Waals surface area (Å²) in [6.07, 6.45) is 7.13. The maximum Gasteiger partial charge on any atom is 0.100 e. The second-order valence-electron chi connectivity index (χ2n) is 4.11. The third-order valence-corrected chi connectivity index (χ3v) is 7.46. The van der Waals surface area contributed by atoms with Gasteiger partial charge in [0.1, 0.15) is 8.07 Å². The normalized spacial score (nSPS) is 20.4. The standard InChI is InChI=1S/C11H20Si/c1-4-12(3,5-2)11-9-7-6-8-10-11/h4-5,11H,1-2,6-10H2,3H3. The zero-order valence-electron chi connectivity index (χ0n) is 8.18. The lowest BCUT2D eigenvalue weighted by Gasteiger charge is -2.33. The first kappa shape index (κ1) is 9.78. The summed E-state index contributed by atoms with van der Waals surface area (Å²) in [5, 5.41) is 0. The van der Waals surface area contributed by atoms with Crippen LogP contribution in [0.25, 0.3) is 0 Å². The Morgan fingerprint density at radius 3 is 2.00 bits per heavy atom.